The molecule has 1 atom stereocenters. The largest absolute Gasteiger partial charge is 0.505 e. The number of Topliss-reactive ketones (excluding diaryl/α,β-unsaturated/α-hetero) is 1. The second-order valence-electron chi connectivity index (χ2n) is 3.63. The molecule has 0 amide bonds. The van der Waals surface area contributed by atoms with E-state index in [0.717, 1.165) is 0 Å². The van der Waals surface area contributed by atoms with E-state index >= 15 is 0 Å². The van der Waals surface area contributed by atoms with Crippen molar-refractivity contribution in [3.8, 4) is 0 Å². The maximum absolute atomic E-state index is 11.3. The Kier molecular flexibility index (Phi) is 2.48. The van der Waals surface area contributed by atoms with Crippen LogP contribution in [-0.4, -0.2) is 17.2 Å². The summed E-state index contributed by atoms with van der Waals surface area (Å²) in [5.74, 6) is -0.389. The van der Waals surface area contributed by atoms with Gasteiger partial charge in [-0.2, -0.15) is 0 Å². The predicted molar refractivity (Wildman–Crippen MR) is 58.6 cm³/mol. The van der Waals surface area contributed by atoms with Crippen LogP contribution in [0.2, 0.25) is 0 Å². The Bertz CT molecular complexity index is 491. The first-order valence-electron chi connectivity index (χ1n) is 4.90. The summed E-state index contributed by atoms with van der Waals surface area (Å²) in [5.41, 5.74) is 1.30. The van der Waals surface area contributed by atoms with Crippen molar-refractivity contribution < 1.29 is 14.7 Å². The Balaban J connectivity index is 2.63. The Labute approximate surface area is 92.6 Å². The molecule has 1 aliphatic heterocycles. The second-order valence-corrected chi connectivity index (χ2v) is 3.63. The lowest BCUT2D eigenvalue weighted by Gasteiger charge is -2.24. The zero-order valence-electron chi connectivity index (χ0n) is 8.73. The minimum Gasteiger partial charge on any atom is -0.505 e. The van der Waals surface area contributed by atoms with Gasteiger partial charge in [0.2, 0.25) is 0 Å². The van der Waals surface area contributed by atoms with Gasteiger partial charge in [-0.3, -0.25) is 4.79 Å². The summed E-state index contributed by atoms with van der Waals surface area (Å²) in [5, 5.41) is 12.6. The number of rotatable bonds is 2. The SMILES string of the molecule is CC(=O)C1=C(O)c2ccccc2C(C=O)N1. The minimum atomic E-state index is -0.578. The van der Waals surface area contributed by atoms with Gasteiger partial charge in [-0.25, -0.2) is 0 Å². The van der Waals surface area contributed by atoms with Gasteiger partial charge in [0, 0.05) is 12.5 Å². The van der Waals surface area contributed by atoms with E-state index in [0.29, 0.717) is 17.4 Å². The molecular weight excluding hydrogens is 206 g/mol. The quantitative estimate of drug-likeness (QED) is 0.734. The molecule has 2 rings (SSSR count). The fourth-order valence-electron chi connectivity index (χ4n) is 1.80. The molecule has 0 bridgehead atoms. The number of nitrogens with one attached hydrogen (secondary N) is 1. The van der Waals surface area contributed by atoms with Crippen molar-refractivity contribution in [3.05, 3.63) is 41.1 Å². The van der Waals surface area contributed by atoms with E-state index in [9.17, 15) is 14.7 Å². The van der Waals surface area contributed by atoms with Gasteiger partial charge in [-0.15, -0.1) is 0 Å². The van der Waals surface area contributed by atoms with Crippen LogP contribution in [0.25, 0.3) is 5.76 Å². The Morgan fingerprint density at radius 2 is 2.12 bits per heavy atom. The predicted octanol–water partition coefficient (Wildman–Crippen LogP) is 1.35. The highest BCUT2D eigenvalue weighted by Crippen LogP contribution is 2.29. The maximum Gasteiger partial charge on any atom is 0.179 e. The molecule has 1 heterocycles. The normalized spacial score (nSPS) is 18.7. The van der Waals surface area contributed by atoms with E-state index in [2.05, 4.69) is 5.32 Å². The lowest BCUT2D eigenvalue weighted by molar-refractivity contribution is -0.114. The number of hydrogen-bond acceptors (Lipinski definition) is 4. The second kappa shape index (κ2) is 3.81. The van der Waals surface area contributed by atoms with Crippen LogP contribution in [-0.2, 0) is 9.59 Å². The van der Waals surface area contributed by atoms with Crippen LogP contribution >= 0.6 is 0 Å². The molecule has 1 aromatic carbocycles. The highest BCUT2D eigenvalue weighted by atomic mass is 16.3. The van der Waals surface area contributed by atoms with Crippen LogP contribution in [0.3, 0.4) is 0 Å². The summed E-state index contributed by atoms with van der Waals surface area (Å²) in [7, 11) is 0. The minimum absolute atomic E-state index is 0.0933. The van der Waals surface area contributed by atoms with E-state index < -0.39 is 6.04 Å². The highest BCUT2D eigenvalue weighted by Gasteiger charge is 2.27. The van der Waals surface area contributed by atoms with Crippen molar-refractivity contribution in [2.75, 3.05) is 0 Å². The third-order valence-corrected chi connectivity index (χ3v) is 2.58. The van der Waals surface area contributed by atoms with Crippen LogP contribution in [0.5, 0.6) is 0 Å². The van der Waals surface area contributed by atoms with E-state index in [4.69, 9.17) is 0 Å². The molecule has 4 heteroatoms. The zero-order chi connectivity index (χ0) is 11.7. The standard InChI is InChI=1S/C12H11NO3/c1-7(15)11-12(16)9-5-3-2-4-8(9)10(6-14)13-11/h2-6,10,13,16H,1H3. The molecule has 1 unspecified atom stereocenters. The van der Waals surface area contributed by atoms with Gasteiger partial charge in [0.05, 0.1) is 0 Å². The molecule has 0 spiro atoms. The molecule has 4 nitrogen and oxygen atoms in total. The zero-order valence-corrected chi connectivity index (χ0v) is 8.73. The van der Waals surface area contributed by atoms with E-state index in [1.54, 1.807) is 24.3 Å². The van der Waals surface area contributed by atoms with E-state index in [1.807, 2.05) is 0 Å². The van der Waals surface area contributed by atoms with Crippen molar-refractivity contribution >= 4 is 17.8 Å². The summed E-state index contributed by atoms with van der Waals surface area (Å²) >= 11 is 0. The molecule has 1 aliphatic rings. The van der Waals surface area contributed by atoms with Gasteiger partial charge < -0.3 is 15.2 Å². The summed E-state index contributed by atoms with van der Waals surface area (Å²) in [4.78, 5) is 22.2. The summed E-state index contributed by atoms with van der Waals surface area (Å²) in [6, 6.07) is 6.38. The number of benzene rings is 1. The number of fused-ring (bicyclic) bond motifs is 1. The van der Waals surface area contributed by atoms with Crippen LogP contribution in [0.15, 0.2) is 30.0 Å². The van der Waals surface area contributed by atoms with Crippen molar-refractivity contribution in [3.63, 3.8) is 0 Å². The topological polar surface area (TPSA) is 66.4 Å². The van der Waals surface area contributed by atoms with Gasteiger partial charge in [-0.05, 0) is 5.56 Å². The third-order valence-electron chi connectivity index (χ3n) is 2.58. The molecule has 0 fully saturated rings. The molecule has 2 N–H and O–H groups in total. The maximum atomic E-state index is 11.3. The van der Waals surface area contributed by atoms with Crippen LogP contribution < -0.4 is 5.32 Å². The van der Waals surface area contributed by atoms with Crippen LogP contribution in [0.4, 0.5) is 0 Å². The molecule has 0 radical (unpaired) electrons. The average molecular weight is 217 g/mol. The van der Waals surface area contributed by atoms with Crippen molar-refractivity contribution in [1.29, 1.82) is 0 Å². The number of aldehydes is 1. The van der Waals surface area contributed by atoms with Gasteiger partial charge >= 0.3 is 0 Å². The fourth-order valence-corrected chi connectivity index (χ4v) is 1.80. The number of ketones is 1. The number of aliphatic hydroxyl groups excluding tert-OH is 1. The van der Waals surface area contributed by atoms with Gasteiger partial charge in [0.25, 0.3) is 0 Å². The monoisotopic (exact) mass is 217 g/mol. The highest BCUT2D eigenvalue weighted by molar-refractivity contribution is 6.00. The van der Waals surface area contributed by atoms with Crippen LogP contribution in [0.1, 0.15) is 24.1 Å². The number of aliphatic hydroxyl groups is 1. The van der Waals surface area contributed by atoms with Crippen LogP contribution in [0, 0.1) is 0 Å². The summed E-state index contributed by atoms with van der Waals surface area (Å²) < 4.78 is 0. The fraction of sp³-hybridized carbons (Fsp3) is 0.167. The van der Waals surface area contributed by atoms with Gasteiger partial charge in [0.1, 0.15) is 23.8 Å². The smallest absolute Gasteiger partial charge is 0.179 e. The Morgan fingerprint density at radius 1 is 1.44 bits per heavy atom. The number of carbonyl (C=O) groups is 2. The van der Waals surface area contributed by atoms with Crippen molar-refractivity contribution in [2.45, 2.75) is 13.0 Å². The number of hydrogen-bond donors (Lipinski definition) is 2. The molecule has 0 aromatic heterocycles. The first-order valence-corrected chi connectivity index (χ1v) is 4.90. The lowest BCUT2D eigenvalue weighted by Crippen LogP contribution is -2.31. The first kappa shape index (κ1) is 10.4. The molecule has 0 saturated heterocycles. The van der Waals surface area contributed by atoms with Crippen molar-refractivity contribution in [2.24, 2.45) is 0 Å². The van der Waals surface area contributed by atoms with E-state index in [-0.39, 0.29) is 17.2 Å². The summed E-state index contributed by atoms with van der Waals surface area (Å²) in [6.45, 7) is 1.34. The molecule has 16 heavy (non-hydrogen) atoms. The molecule has 0 aliphatic carbocycles. The average Bonchev–Trinajstić information content (AvgIpc) is 2.29. The van der Waals surface area contributed by atoms with Crippen molar-refractivity contribution in [1.82, 2.24) is 5.32 Å². The van der Waals surface area contributed by atoms with E-state index in [1.165, 1.54) is 6.92 Å². The molecule has 1 aromatic rings. The molecule has 82 valence electrons. The van der Waals surface area contributed by atoms with Gasteiger partial charge in [-0.1, -0.05) is 24.3 Å². The summed E-state index contributed by atoms with van der Waals surface area (Å²) in [6.07, 6.45) is 0.716. The first-order chi connectivity index (χ1) is 7.65. The van der Waals surface area contributed by atoms with Gasteiger partial charge in [0.15, 0.2) is 5.78 Å². The lowest BCUT2D eigenvalue weighted by atomic mass is 9.94. The number of carbonyl (C=O) groups excluding carboxylic acids is 2. The Morgan fingerprint density at radius 3 is 2.75 bits per heavy atom. The third kappa shape index (κ3) is 1.48. The molecule has 0 saturated carbocycles. The number of allylic oxidation sites excluding steroid dienone is 1. The molecular formula is C12H11NO3. The Hall–Kier alpha value is -2.10.